The lowest BCUT2D eigenvalue weighted by Gasteiger charge is -2.73. The van der Waals surface area contributed by atoms with E-state index in [1.54, 1.807) is 13.8 Å². The van der Waals surface area contributed by atoms with Crippen LogP contribution in [0.4, 0.5) is 4.79 Å². The van der Waals surface area contributed by atoms with Gasteiger partial charge in [-0.15, -0.1) is 0 Å². The molecule has 1 saturated heterocycles. The Labute approximate surface area is 331 Å². The average Bonchev–Trinajstić information content (AvgIpc) is 3.67. The van der Waals surface area contributed by atoms with Gasteiger partial charge in [0.25, 0.3) is 0 Å². The van der Waals surface area contributed by atoms with Crippen molar-refractivity contribution in [1.82, 2.24) is 10.2 Å². The number of aliphatic carboxylic acids is 1. The molecule has 0 radical (unpaired) electrons. The van der Waals surface area contributed by atoms with Gasteiger partial charge in [-0.3, -0.25) is 14.4 Å². The van der Waals surface area contributed by atoms with Crippen LogP contribution in [-0.4, -0.2) is 64.8 Å². The molecule has 310 valence electrons. The monoisotopic (exact) mass is 767 g/mol. The second-order valence-electron chi connectivity index (χ2n) is 22.4. The van der Waals surface area contributed by atoms with Gasteiger partial charge in [0, 0.05) is 24.9 Å². The van der Waals surface area contributed by atoms with Crippen LogP contribution in [0.2, 0.25) is 0 Å². The van der Waals surface area contributed by atoms with Crippen LogP contribution in [0.25, 0.3) is 0 Å². The van der Waals surface area contributed by atoms with Crippen LogP contribution >= 0.6 is 0 Å². The predicted molar refractivity (Wildman–Crippen MR) is 214 cm³/mol. The fraction of sp³-hybridized carbons (Fsp3) is 0.870. The van der Waals surface area contributed by atoms with Crippen molar-refractivity contribution >= 4 is 23.9 Å². The number of hydrogen-bond donors (Lipinski definition) is 2. The smallest absolute Gasteiger partial charge is 0.407 e. The van der Waals surface area contributed by atoms with Gasteiger partial charge in [0.1, 0.15) is 11.7 Å². The molecule has 0 aromatic heterocycles. The van der Waals surface area contributed by atoms with Crippen molar-refractivity contribution in [3.05, 3.63) is 12.2 Å². The van der Waals surface area contributed by atoms with Crippen molar-refractivity contribution < 1.29 is 33.8 Å². The third-order valence-corrected chi connectivity index (χ3v) is 17.4. The summed E-state index contributed by atoms with van der Waals surface area (Å²) in [6, 6.07) is -0.0867. The number of nitrogens with zero attached hydrogens (tertiary/aromatic N) is 1. The van der Waals surface area contributed by atoms with Gasteiger partial charge < -0.3 is 24.8 Å². The molecular formula is C46H74N2O7. The zero-order chi connectivity index (χ0) is 40.7. The molecule has 5 aliphatic carbocycles. The lowest BCUT2D eigenvalue weighted by molar-refractivity contribution is -0.250. The second kappa shape index (κ2) is 14.1. The number of fused-ring (bicyclic) bond motifs is 7. The van der Waals surface area contributed by atoms with Gasteiger partial charge in [0.15, 0.2) is 0 Å². The molecule has 1 heterocycles. The topological polar surface area (TPSA) is 122 Å². The highest BCUT2D eigenvalue weighted by atomic mass is 16.6. The number of ether oxygens (including phenoxy) is 2. The number of carboxylic acids is 1. The normalized spacial score (nSPS) is 40.9. The Morgan fingerprint density at radius 2 is 1.53 bits per heavy atom. The van der Waals surface area contributed by atoms with Crippen LogP contribution in [0.15, 0.2) is 12.2 Å². The number of hydrogen-bond acceptors (Lipinski definition) is 6. The third-order valence-electron chi connectivity index (χ3n) is 17.4. The summed E-state index contributed by atoms with van der Waals surface area (Å²) in [5.74, 6) is 1.21. The lowest BCUT2D eigenvalue weighted by Crippen LogP contribution is -2.67. The van der Waals surface area contributed by atoms with Gasteiger partial charge in [-0.1, -0.05) is 46.8 Å². The third kappa shape index (κ3) is 7.16. The molecule has 5 saturated carbocycles. The Morgan fingerprint density at radius 3 is 2.16 bits per heavy atom. The molecule has 9 heteroatoms. The molecule has 6 fully saturated rings. The maximum atomic E-state index is 14.3. The Balaban J connectivity index is 1.19. The highest BCUT2D eigenvalue weighted by Gasteiger charge is 2.71. The van der Waals surface area contributed by atoms with Gasteiger partial charge in [-0.2, -0.15) is 0 Å². The summed E-state index contributed by atoms with van der Waals surface area (Å²) in [6.07, 6.45) is 11.4. The average molecular weight is 767 g/mol. The number of esters is 1. The Kier molecular flexibility index (Phi) is 10.7. The van der Waals surface area contributed by atoms with E-state index in [1.807, 2.05) is 25.7 Å². The number of carbonyl (C=O) groups excluding carboxylic acids is 3. The summed E-state index contributed by atoms with van der Waals surface area (Å²) in [7, 11) is 0. The SMILES string of the molecule is C=C(C)[C@@H]1CC[C@]2(CC(=O)N3CC[C@@H](NC(=O)OC(C)(C)C)C3)CC[C@]3(C)[C@H](CC[C@@H]4[C@@]5(C)CC[C@H](OC(=O)CC(C)(C)C(=O)O)C(C)(C)[C@@H]5CC[C@]43C)[C@@H]12. The minimum Gasteiger partial charge on any atom is -0.481 e. The molecule has 0 spiro atoms. The molecule has 0 aromatic rings. The molecule has 0 bridgehead atoms. The summed E-state index contributed by atoms with van der Waals surface area (Å²) >= 11 is 0. The van der Waals surface area contributed by atoms with Crippen LogP contribution in [0.1, 0.15) is 160 Å². The number of allylic oxidation sites excluding steroid dienone is 1. The maximum absolute atomic E-state index is 14.3. The number of carbonyl (C=O) groups is 4. The molecule has 1 aliphatic heterocycles. The Hall–Kier alpha value is -2.58. The number of carboxylic acid groups (broad SMARTS) is 1. The lowest BCUT2D eigenvalue weighted by atomic mass is 9.32. The Bertz CT molecular complexity index is 1560. The quantitative estimate of drug-likeness (QED) is 0.186. The highest BCUT2D eigenvalue weighted by molar-refractivity contribution is 5.81. The molecule has 0 unspecified atom stereocenters. The van der Waals surface area contributed by atoms with Crippen LogP contribution < -0.4 is 5.32 Å². The minimum atomic E-state index is -1.16. The molecule has 6 rings (SSSR count). The maximum Gasteiger partial charge on any atom is 0.407 e. The molecule has 2 amide bonds. The van der Waals surface area contributed by atoms with Gasteiger partial charge in [0.05, 0.1) is 17.9 Å². The first-order valence-corrected chi connectivity index (χ1v) is 21.7. The van der Waals surface area contributed by atoms with Crippen LogP contribution in [0.3, 0.4) is 0 Å². The Morgan fingerprint density at radius 1 is 0.836 bits per heavy atom. The van der Waals surface area contributed by atoms with E-state index in [9.17, 15) is 24.3 Å². The first-order valence-electron chi connectivity index (χ1n) is 21.7. The van der Waals surface area contributed by atoms with Crippen LogP contribution in [-0.2, 0) is 23.9 Å². The summed E-state index contributed by atoms with van der Waals surface area (Å²) in [6.45, 7) is 29.2. The molecular weight excluding hydrogens is 693 g/mol. The van der Waals surface area contributed by atoms with Crippen molar-refractivity contribution in [3.63, 3.8) is 0 Å². The van der Waals surface area contributed by atoms with E-state index in [2.05, 4.69) is 53.4 Å². The number of amides is 2. The minimum absolute atomic E-state index is 0.0228. The van der Waals surface area contributed by atoms with Crippen molar-refractivity contribution in [1.29, 1.82) is 0 Å². The summed E-state index contributed by atoms with van der Waals surface area (Å²) in [5.41, 5.74) is -0.276. The molecule has 9 nitrogen and oxygen atoms in total. The zero-order valence-corrected chi connectivity index (χ0v) is 36.2. The summed E-state index contributed by atoms with van der Waals surface area (Å²) in [4.78, 5) is 53.7. The van der Waals surface area contributed by atoms with Gasteiger partial charge in [-0.05, 0) is 163 Å². The first-order chi connectivity index (χ1) is 25.3. The highest BCUT2D eigenvalue weighted by Crippen LogP contribution is 2.78. The summed E-state index contributed by atoms with van der Waals surface area (Å²) in [5, 5.41) is 12.6. The fourth-order valence-corrected chi connectivity index (χ4v) is 14.4. The van der Waals surface area contributed by atoms with Crippen molar-refractivity contribution in [2.24, 2.45) is 62.1 Å². The summed E-state index contributed by atoms with van der Waals surface area (Å²) < 4.78 is 11.7. The zero-order valence-electron chi connectivity index (χ0n) is 36.2. The van der Waals surface area contributed by atoms with Crippen molar-refractivity contribution in [3.8, 4) is 0 Å². The first kappa shape index (κ1) is 42.0. The molecule has 55 heavy (non-hydrogen) atoms. The number of rotatable bonds is 8. The largest absolute Gasteiger partial charge is 0.481 e. The number of nitrogens with one attached hydrogen (secondary N) is 1. The molecule has 11 atom stereocenters. The molecule has 0 aromatic carbocycles. The van der Waals surface area contributed by atoms with Crippen LogP contribution in [0, 0.1) is 62.1 Å². The predicted octanol–water partition coefficient (Wildman–Crippen LogP) is 9.57. The van der Waals surface area contributed by atoms with E-state index >= 15 is 0 Å². The van der Waals surface area contributed by atoms with E-state index in [0.717, 1.165) is 57.8 Å². The van der Waals surface area contributed by atoms with Crippen molar-refractivity contribution in [2.75, 3.05) is 13.1 Å². The van der Waals surface area contributed by atoms with E-state index in [1.165, 1.54) is 18.4 Å². The van der Waals surface area contributed by atoms with Crippen molar-refractivity contribution in [2.45, 2.75) is 177 Å². The fourth-order valence-electron chi connectivity index (χ4n) is 14.4. The van der Waals surface area contributed by atoms with Gasteiger partial charge in [0.2, 0.25) is 5.91 Å². The van der Waals surface area contributed by atoms with E-state index < -0.39 is 29.0 Å². The van der Waals surface area contributed by atoms with E-state index in [0.29, 0.717) is 49.1 Å². The van der Waals surface area contributed by atoms with E-state index in [4.69, 9.17) is 9.47 Å². The standard InChI is InChI=1S/C46H74N2O7/c1-28(2)30-15-21-46(25-35(49)48-24-18-29(27-48)47-39(53)55-40(3,4)5)23-22-44(11)31(37(30)46)13-14-33-43(10)19-17-34(54-36(50)26-41(6,7)38(51)52)42(8,9)32(43)16-20-45(33,44)12/h29-34,37H,1,13-27H2,2-12H3,(H,47,53)(H,51,52)/t29-,30+,31-,32+,33-,34+,37-,43+,44-,45-,46-/m1/s1. The number of alkyl carbamates (subject to hydrolysis) is 1. The number of likely N-dealkylation sites (tertiary alicyclic amines) is 1. The second-order valence-corrected chi connectivity index (χ2v) is 22.4. The van der Waals surface area contributed by atoms with Gasteiger partial charge in [-0.25, -0.2) is 4.79 Å². The van der Waals surface area contributed by atoms with Crippen LogP contribution in [0.5, 0.6) is 0 Å². The molecule has 2 N–H and O–H groups in total. The molecule has 6 aliphatic rings. The van der Waals surface area contributed by atoms with Gasteiger partial charge >= 0.3 is 18.0 Å². The van der Waals surface area contributed by atoms with E-state index in [-0.39, 0.29) is 51.5 Å².